The standard InChI is InChI=1S/C26H20N4OS2/c31-24(27-22-17-9-15-18-10-7-8-16-21(18)22)28-25-29-30-26(33-25)32-23(19-11-3-1-4-12-19)20-13-5-2-6-14-20/h1-17,23H,(H2,27,28,29,31). The first-order valence-corrected chi connectivity index (χ1v) is 12.1. The summed E-state index contributed by atoms with van der Waals surface area (Å²) >= 11 is 2.98. The van der Waals surface area contributed by atoms with Crippen LogP contribution in [-0.4, -0.2) is 16.2 Å². The maximum Gasteiger partial charge on any atom is 0.325 e. The maximum absolute atomic E-state index is 12.6. The number of urea groups is 1. The Balaban J connectivity index is 1.30. The lowest BCUT2D eigenvalue weighted by Crippen LogP contribution is -2.19. The average Bonchev–Trinajstić information content (AvgIpc) is 3.30. The van der Waals surface area contributed by atoms with Crippen molar-refractivity contribution in [2.45, 2.75) is 9.59 Å². The SMILES string of the molecule is O=C(Nc1nnc(SC(c2ccccc2)c2ccccc2)s1)Nc1cccc2ccccc12. The normalized spacial score (nSPS) is 10.9. The van der Waals surface area contributed by atoms with E-state index >= 15 is 0 Å². The van der Waals surface area contributed by atoms with E-state index in [1.807, 2.05) is 78.9 Å². The molecule has 0 fully saturated rings. The third-order valence-electron chi connectivity index (χ3n) is 5.09. The Hall–Kier alpha value is -3.68. The first kappa shape index (κ1) is 21.2. The number of hydrogen-bond acceptors (Lipinski definition) is 5. The molecule has 2 amide bonds. The van der Waals surface area contributed by atoms with Crippen LogP contribution >= 0.6 is 23.1 Å². The summed E-state index contributed by atoms with van der Waals surface area (Å²) in [7, 11) is 0. The monoisotopic (exact) mass is 468 g/mol. The third kappa shape index (κ3) is 5.05. The minimum absolute atomic E-state index is 0.0812. The van der Waals surface area contributed by atoms with Crippen LogP contribution in [0.1, 0.15) is 16.4 Å². The van der Waals surface area contributed by atoms with E-state index in [0.717, 1.165) is 20.8 Å². The number of amides is 2. The van der Waals surface area contributed by atoms with Gasteiger partial charge in [-0.3, -0.25) is 5.32 Å². The number of aromatic nitrogens is 2. The molecule has 1 heterocycles. The van der Waals surface area contributed by atoms with E-state index in [2.05, 4.69) is 45.1 Å². The highest BCUT2D eigenvalue weighted by Gasteiger charge is 2.19. The van der Waals surface area contributed by atoms with Crippen LogP contribution in [0, 0.1) is 0 Å². The number of nitrogens with one attached hydrogen (secondary N) is 2. The van der Waals surface area contributed by atoms with Gasteiger partial charge >= 0.3 is 6.03 Å². The zero-order valence-corrected chi connectivity index (χ0v) is 19.1. The number of carbonyl (C=O) groups excluding carboxylic acids is 1. The van der Waals surface area contributed by atoms with Gasteiger partial charge in [-0.05, 0) is 22.6 Å². The smallest absolute Gasteiger partial charge is 0.307 e. The average molecular weight is 469 g/mol. The van der Waals surface area contributed by atoms with Gasteiger partial charge in [-0.15, -0.1) is 10.2 Å². The summed E-state index contributed by atoms with van der Waals surface area (Å²) in [6.07, 6.45) is 0. The summed E-state index contributed by atoms with van der Waals surface area (Å²) in [5, 5.41) is 16.8. The molecule has 0 spiro atoms. The lowest BCUT2D eigenvalue weighted by molar-refractivity contribution is 0.262. The molecule has 1 aromatic heterocycles. The van der Waals surface area contributed by atoms with Gasteiger partial charge < -0.3 is 5.32 Å². The minimum Gasteiger partial charge on any atom is -0.307 e. The van der Waals surface area contributed by atoms with Crippen LogP contribution in [0.15, 0.2) is 107 Å². The van der Waals surface area contributed by atoms with Crippen molar-refractivity contribution in [1.29, 1.82) is 0 Å². The largest absolute Gasteiger partial charge is 0.325 e. The predicted molar refractivity (Wildman–Crippen MR) is 137 cm³/mol. The van der Waals surface area contributed by atoms with Crippen LogP contribution in [-0.2, 0) is 0 Å². The Morgan fingerprint density at radius 3 is 2.09 bits per heavy atom. The molecule has 0 unspecified atom stereocenters. The number of rotatable bonds is 6. The van der Waals surface area contributed by atoms with E-state index in [4.69, 9.17) is 0 Å². The first-order valence-electron chi connectivity index (χ1n) is 10.4. The zero-order valence-electron chi connectivity index (χ0n) is 17.5. The summed E-state index contributed by atoms with van der Waals surface area (Å²) in [6, 6.07) is 34.0. The molecule has 0 radical (unpaired) electrons. The molecule has 0 saturated heterocycles. The zero-order chi connectivity index (χ0) is 22.5. The molecular weight excluding hydrogens is 448 g/mol. The van der Waals surface area contributed by atoms with Crippen LogP contribution in [0.5, 0.6) is 0 Å². The molecule has 33 heavy (non-hydrogen) atoms. The molecule has 2 N–H and O–H groups in total. The number of carbonyl (C=O) groups is 1. The van der Waals surface area contributed by atoms with Crippen molar-refractivity contribution in [2.24, 2.45) is 0 Å². The lowest BCUT2D eigenvalue weighted by atomic mass is 10.0. The summed E-state index contributed by atoms with van der Waals surface area (Å²) < 4.78 is 0.785. The van der Waals surface area contributed by atoms with Gasteiger partial charge in [0.15, 0.2) is 4.34 Å². The van der Waals surface area contributed by atoms with Crippen molar-refractivity contribution in [3.05, 3.63) is 114 Å². The quantitative estimate of drug-likeness (QED) is 0.204. The Bertz CT molecular complexity index is 1330. The fraction of sp³-hybridized carbons (Fsp3) is 0.0385. The molecule has 162 valence electrons. The van der Waals surface area contributed by atoms with Crippen LogP contribution in [0.25, 0.3) is 10.8 Å². The van der Waals surface area contributed by atoms with Gasteiger partial charge in [-0.25, -0.2) is 4.79 Å². The molecule has 7 heteroatoms. The summed E-state index contributed by atoms with van der Waals surface area (Å²) in [6.45, 7) is 0. The predicted octanol–water partition coefficient (Wildman–Crippen LogP) is 7.22. The fourth-order valence-corrected chi connectivity index (χ4v) is 5.64. The van der Waals surface area contributed by atoms with E-state index in [1.54, 1.807) is 11.8 Å². The second-order valence-corrected chi connectivity index (χ2v) is 9.63. The number of thioether (sulfide) groups is 1. The third-order valence-corrected chi connectivity index (χ3v) is 7.32. The van der Waals surface area contributed by atoms with Gasteiger partial charge in [0.05, 0.1) is 10.9 Å². The molecule has 0 aliphatic heterocycles. The van der Waals surface area contributed by atoms with Gasteiger partial charge in [0.1, 0.15) is 0 Å². The molecule has 5 rings (SSSR count). The first-order chi connectivity index (χ1) is 16.3. The summed E-state index contributed by atoms with van der Waals surface area (Å²) in [4.78, 5) is 12.6. The molecule has 5 nitrogen and oxygen atoms in total. The Morgan fingerprint density at radius 2 is 1.36 bits per heavy atom. The van der Waals surface area contributed by atoms with Gasteiger partial charge in [0.2, 0.25) is 5.13 Å². The molecule has 0 atom stereocenters. The maximum atomic E-state index is 12.6. The van der Waals surface area contributed by atoms with Crippen LogP contribution in [0.4, 0.5) is 15.6 Å². The second-order valence-electron chi connectivity index (χ2n) is 7.30. The Morgan fingerprint density at radius 1 is 0.727 bits per heavy atom. The van der Waals surface area contributed by atoms with Crippen molar-refractivity contribution in [3.8, 4) is 0 Å². The number of anilines is 2. The van der Waals surface area contributed by atoms with Crippen LogP contribution < -0.4 is 10.6 Å². The Kier molecular flexibility index (Phi) is 6.32. The topological polar surface area (TPSA) is 66.9 Å². The van der Waals surface area contributed by atoms with E-state index in [-0.39, 0.29) is 11.3 Å². The van der Waals surface area contributed by atoms with E-state index in [0.29, 0.717) is 5.13 Å². The summed E-state index contributed by atoms with van der Waals surface area (Å²) in [5.41, 5.74) is 3.12. The van der Waals surface area contributed by atoms with Crippen molar-refractivity contribution in [1.82, 2.24) is 10.2 Å². The molecule has 0 aliphatic carbocycles. The van der Waals surface area contributed by atoms with Crippen molar-refractivity contribution >= 4 is 50.7 Å². The molecule has 5 aromatic rings. The van der Waals surface area contributed by atoms with Crippen molar-refractivity contribution in [2.75, 3.05) is 10.6 Å². The molecule has 0 aliphatic rings. The highest BCUT2D eigenvalue weighted by Crippen LogP contribution is 2.42. The molecule has 4 aromatic carbocycles. The number of benzene rings is 4. The molecule has 0 bridgehead atoms. The number of hydrogen-bond donors (Lipinski definition) is 2. The van der Waals surface area contributed by atoms with Gasteiger partial charge in [-0.1, -0.05) is 120 Å². The molecule has 0 saturated carbocycles. The second kappa shape index (κ2) is 9.85. The van der Waals surface area contributed by atoms with E-state index in [9.17, 15) is 4.79 Å². The fourth-order valence-electron chi connectivity index (χ4n) is 3.58. The highest BCUT2D eigenvalue weighted by molar-refractivity contribution is 8.01. The van der Waals surface area contributed by atoms with Crippen molar-refractivity contribution < 1.29 is 4.79 Å². The number of nitrogens with zero attached hydrogens (tertiary/aromatic N) is 2. The van der Waals surface area contributed by atoms with Crippen LogP contribution in [0.2, 0.25) is 0 Å². The highest BCUT2D eigenvalue weighted by atomic mass is 32.2. The van der Waals surface area contributed by atoms with Gasteiger partial charge in [0, 0.05) is 5.39 Å². The van der Waals surface area contributed by atoms with Crippen LogP contribution in [0.3, 0.4) is 0 Å². The summed E-state index contributed by atoms with van der Waals surface area (Å²) in [5.74, 6) is 0. The minimum atomic E-state index is -0.346. The van der Waals surface area contributed by atoms with Crippen molar-refractivity contribution in [3.63, 3.8) is 0 Å². The number of fused-ring (bicyclic) bond motifs is 1. The van der Waals surface area contributed by atoms with Gasteiger partial charge in [-0.2, -0.15) is 0 Å². The molecular formula is C26H20N4OS2. The Labute approximate surface area is 199 Å². The van der Waals surface area contributed by atoms with E-state index < -0.39 is 0 Å². The van der Waals surface area contributed by atoms with Gasteiger partial charge in [0.25, 0.3) is 0 Å². The van der Waals surface area contributed by atoms with E-state index in [1.165, 1.54) is 22.5 Å². The lowest BCUT2D eigenvalue weighted by Gasteiger charge is -2.15.